The van der Waals surface area contributed by atoms with Gasteiger partial charge >= 0.3 is 0 Å². The van der Waals surface area contributed by atoms with Crippen LogP contribution in [0.15, 0.2) is 0 Å². The van der Waals surface area contributed by atoms with Gasteiger partial charge in [-0.15, -0.1) is 0 Å². The lowest BCUT2D eigenvalue weighted by Gasteiger charge is -2.42. The van der Waals surface area contributed by atoms with Gasteiger partial charge in [0.2, 0.25) is 5.91 Å². The highest BCUT2D eigenvalue weighted by molar-refractivity contribution is 5.84. The summed E-state index contributed by atoms with van der Waals surface area (Å²) < 4.78 is 0. The second kappa shape index (κ2) is 5.64. The van der Waals surface area contributed by atoms with Crippen LogP contribution in [0.5, 0.6) is 0 Å². The van der Waals surface area contributed by atoms with Crippen LogP contribution in [0.2, 0.25) is 0 Å². The van der Waals surface area contributed by atoms with Crippen molar-refractivity contribution in [2.24, 2.45) is 5.73 Å². The minimum atomic E-state index is -0.481. The number of amides is 1. The summed E-state index contributed by atoms with van der Waals surface area (Å²) in [6.45, 7) is 6.42. The Labute approximate surface area is 98.6 Å². The largest absolute Gasteiger partial charge is 0.368 e. The molecule has 16 heavy (non-hydrogen) atoms. The number of nitrogens with zero attached hydrogens (tertiary/aromatic N) is 1. The van der Waals surface area contributed by atoms with E-state index in [0.29, 0.717) is 6.04 Å². The van der Waals surface area contributed by atoms with Crippen LogP contribution in [0.1, 0.15) is 39.5 Å². The number of nitrogens with two attached hydrogens (primary N) is 1. The van der Waals surface area contributed by atoms with Crippen LogP contribution in [0.3, 0.4) is 0 Å². The van der Waals surface area contributed by atoms with Gasteiger partial charge in [-0.2, -0.15) is 0 Å². The highest BCUT2D eigenvalue weighted by atomic mass is 16.1. The van der Waals surface area contributed by atoms with Crippen LogP contribution in [-0.2, 0) is 4.79 Å². The molecule has 1 amide bonds. The van der Waals surface area contributed by atoms with Crippen LogP contribution in [-0.4, -0.2) is 42.5 Å². The Kier molecular flexibility index (Phi) is 4.74. The molecule has 1 aliphatic rings. The third kappa shape index (κ3) is 2.55. The van der Waals surface area contributed by atoms with Crippen molar-refractivity contribution in [1.29, 1.82) is 0 Å². The van der Waals surface area contributed by atoms with E-state index >= 15 is 0 Å². The molecule has 0 aromatic carbocycles. The predicted octanol–water partition coefficient (Wildman–Crippen LogP) is 0.714. The van der Waals surface area contributed by atoms with Gasteiger partial charge in [0, 0.05) is 6.04 Å². The van der Waals surface area contributed by atoms with Crippen molar-refractivity contribution < 1.29 is 4.79 Å². The van der Waals surface area contributed by atoms with Gasteiger partial charge in [0.25, 0.3) is 0 Å². The summed E-state index contributed by atoms with van der Waals surface area (Å²) in [5.41, 5.74) is 5.06. The maximum Gasteiger partial charge on any atom is 0.237 e. The first-order chi connectivity index (χ1) is 7.59. The monoisotopic (exact) mass is 227 g/mol. The van der Waals surface area contributed by atoms with E-state index in [1.807, 2.05) is 7.05 Å². The summed E-state index contributed by atoms with van der Waals surface area (Å²) in [4.78, 5) is 14.0. The van der Waals surface area contributed by atoms with Crippen molar-refractivity contribution >= 4 is 5.91 Å². The highest BCUT2D eigenvalue weighted by Gasteiger charge is 2.41. The third-order valence-corrected chi connectivity index (χ3v) is 4.00. The normalized spacial score (nSPS) is 30.6. The summed E-state index contributed by atoms with van der Waals surface area (Å²) in [5, 5.41) is 3.15. The highest BCUT2D eigenvalue weighted by Crippen LogP contribution is 2.30. The summed E-state index contributed by atoms with van der Waals surface area (Å²) in [5.74, 6) is -0.202. The van der Waals surface area contributed by atoms with Crippen molar-refractivity contribution in [2.75, 3.05) is 20.1 Å². The van der Waals surface area contributed by atoms with Gasteiger partial charge in [-0.25, -0.2) is 0 Å². The SMILES string of the molecule is CCN(CC)C1CCCC(NC)(C(N)=O)C1. The molecule has 1 fully saturated rings. The number of nitrogens with one attached hydrogen (secondary N) is 1. The molecule has 0 radical (unpaired) electrons. The van der Waals surface area contributed by atoms with E-state index in [1.54, 1.807) is 0 Å². The maximum absolute atomic E-state index is 11.6. The molecule has 0 aliphatic heterocycles. The zero-order valence-corrected chi connectivity index (χ0v) is 10.8. The van der Waals surface area contributed by atoms with Crippen molar-refractivity contribution in [1.82, 2.24) is 10.2 Å². The number of hydrogen-bond acceptors (Lipinski definition) is 3. The minimum absolute atomic E-state index is 0.202. The van der Waals surface area contributed by atoms with Crippen molar-refractivity contribution in [2.45, 2.75) is 51.1 Å². The van der Waals surface area contributed by atoms with Gasteiger partial charge in [-0.1, -0.05) is 13.8 Å². The Morgan fingerprint density at radius 1 is 1.50 bits per heavy atom. The molecule has 0 aromatic heterocycles. The summed E-state index contributed by atoms with van der Waals surface area (Å²) in [7, 11) is 1.84. The topological polar surface area (TPSA) is 58.4 Å². The van der Waals surface area contributed by atoms with Crippen LogP contribution < -0.4 is 11.1 Å². The number of carbonyl (C=O) groups excluding carboxylic acids is 1. The summed E-state index contributed by atoms with van der Waals surface area (Å²) in [6.07, 6.45) is 3.97. The quantitative estimate of drug-likeness (QED) is 0.727. The van der Waals surface area contributed by atoms with E-state index in [0.717, 1.165) is 32.4 Å². The third-order valence-electron chi connectivity index (χ3n) is 4.00. The van der Waals surface area contributed by atoms with Gasteiger partial charge in [-0.05, 0) is 45.8 Å². The molecule has 1 rings (SSSR count). The molecule has 0 spiro atoms. The fraction of sp³-hybridized carbons (Fsp3) is 0.917. The molecule has 4 nitrogen and oxygen atoms in total. The lowest BCUT2D eigenvalue weighted by molar-refractivity contribution is -0.126. The molecular weight excluding hydrogens is 202 g/mol. The van der Waals surface area contributed by atoms with Crippen LogP contribution in [0.25, 0.3) is 0 Å². The number of carbonyl (C=O) groups is 1. The lowest BCUT2D eigenvalue weighted by Crippen LogP contribution is -2.59. The first kappa shape index (κ1) is 13.5. The van der Waals surface area contributed by atoms with Crippen LogP contribution in [0.4, 0.5) is 0 Å². The fourth-order valence-electron chi connectivity index (χ4n) is 2.87. The molecule has 3 N–H and O–H groups in total. The molecule has 0 aromatic rings. The van der Waals surface area contributed by atoms with Crippen LogP contribution >= 0.6 is 0 Å². The van der Waals surface area contributed by atoms with E-state index in [-0.39, 0.29) is 5.91 Å². The maximum atomic E-state index is 11.6. The Balaban J connectivity index is 2.75. The van der Waals surface area contributed by atoms with Crippen LogP contribution in [0, 0.1) is 0 Å². The van der Waals surface area contributed by atoms with Gasteiger partial charge in [0.1, 0.15) is 0 Å². The Morgan fingerprint density at radius 2 is 2.12 bits per heavy atom. The van der Waals surface area contributed by atoms with Crippen molar-refractivity contribution in [3.05, 3.63) is 0 Å². The summed E-state index contributed by atoms with van der Waals surface area (Å²) >= 11 is 0. The molecule has 94 valence electrons. The van der Waals surface area contributed by atoms with Gasteiger partial charge in [0.05, 0.1) is 5.54 Å². The van der Waals surface area contributed by atoms with Gasteiger partial charge < -0.3 is 16.0 Å². The Morgan fingerprint density at radius 3 is 2.56 bits per heavy atom. The van der Waals surface area contributed by atoms with E-state index in [9.17, 15) is 4.79 Å². The molecule has 2 unspecified atom stereocenters. The molecule has 1 saturated carbocycles. The molecule has 4 heteroatoms. The van der Waals surface area contributed by atoms with E-state index in [2.05, 4.69) is 24.1 Å². The number of rotatable bonds is 5. The first-order valence-corrected chi connectivity index (χ1v) is 6.32. The Hall–Kier alpha value is -0.610. The Bertz CT molecular complexity index is 240. The minimum Gasteiger partial charge on any atom is -0.368 e. The number of hydrogen-bond donors (Lipinski definition) is 2. The first-order valence-electron chi connectivity index (χ1n) is 6.32. The average Bonchev–Trinajstić information content (AvgIpc) is 2.30. The zero-order valence-electron chi connectivity index (χ0n) is 10.8. The number of likely N-dealkylation sites (N-methyl/N-ethyl adjacent to an activating group) is 1. The molecule has 2 atom stereocenters. The van der Waals surface area contributed by atoms with Crippen molar-refractivity contribution in [3.8, 4) is 0 Å². The molecular formula is C12H25N3O. The van der Waals surface area contributed by atoms with Gasteiger partial charge in [0.15, 0.2) is 0 Å². The second-order valence-corrected chi connectivity index (χ2v) is 4.67. The average molecular weight is 227 g/mol. The van der Waals surface area contributed by atoms with Crippen molar-refractivity contribution in [3.63, 3.8) is 0 Å². The zero-order chi connectivity index (χ0) is 12.2. The standard InChI is InChI=1S/C12H25N3O/c1-4-15(5-2)10-7-6-8-12(9-10,14-3)11(13)16/h10,14H,4-9H2,1-3H3,(H2,13,16). The molecule has 0 heterocycles. The fourth-order valence-corrected chi connectivity index (χ4v) is 2.87. The molecule has 0 saturated heterocycles. The molecule has 0 bridgehead atoms. The molecule has 1 aliphatic carbocycles. The van der Waals surface area contributed by atoms with E-state index in [1.165, 1.54) is 6.42 Å². The summed E-state index contributed by atoms with van der Waals surface area (Å²) in [6, 6.07) is 0.490. The van der Waals surface area contributed by atoms with Gasteiger partial charge in [-0.3, -0.25) is 4.79 Å². The van der Waals surface area contributed by atoms with E-state index in [4.69, 9.17) is 5.73 Å². The lowest BCUT2D eigenvalue weighted by atomic mass is 9.78. The van der Waals surface area contributed by atoms with E-state index < -0.39 is 5.54 Å². The smallest absolute Gasteiger partial charge is 0.237 e. The predicted molar refractivity (Wildman–Crippen MR) is 66.2 cm³/mol. The number of primary amides is 1. The second-order valence-electron chi connectivity index (χ2n) is 4.67.